The summed E-state index contributed by atoms with van der Waals surface area (Å²) in [6.07, 6.45) is 0.868. The minimum absolute atomic E-state index is 0.0965. The second-order valence-corrected chi connectivity index (χ2v) is 4.79. The molecule has 0 saturated carbocycles. The van der Waals surface area contributed by atoms with Crippen LogP contribution in [0.15, 0.2) is 30.3 Å². The van der Waals surface area contributed by atoms with Crippen LogP contribution in [0.1, 0.15) is 25.8 Å². The molecule has 0 aromatic heterocycles. The zero-order valence-electron chi connectivity index (χ0n) is 11.5. The molecule has 0 spiro atoms. The van der Waals surface area contributed by atoms with Crippen molar-refractivity contribution in [3.63, 3.8) is 0 Å². The second kappa shape index (κ2) is 6.68. The van der Waals surface area contributed by atoms with Crippen LogP contribution in [-0.2, 0) is 20.9 Å². The summed E-state index contributed by atoms with van der Waals surface area (Å²) >= 11 is 0. The number of carbonyl (C=O) groups is 1. The maximum atomic E-state index is 11.8. The van der Waals surface area contributed by atoms with Crippen molar-refractivity contribution in [2.24, 2.45) is 5.92 Å². The van der Waals surface area contributed by atoms with Crippen molar-refractivity contribution in [2.75, 3.05) is 13.2 Å². The highest BCUT2D eigenvalue weighted by Crippen LogP contribution is 2.25. The predicted octanol–water partition coefficient (Wildman–Crippen LogP) is 2.39. The lowest BCUT2D eigenvalue weighted by molar-refractivity contribution is -0.167. The van der Waals surface area contributed by atoms with E-state index in [0.29, 0.717) is 19.8 Å². The molecule has 0 aliphatic carbocycles. The molecule has 1 saturated heterocycles. The van der Waals surface area contributed by atoms with Gasteiger partial charge in [-0.25, -0.2) is 0 Å². The summed E-state index contributed by atoms with van der Waals surface area (Å²) in [6, 6.07) is 10.2. The highest BCUT2D eigenvalue weighted by atomic mass is 16.7. The fourth-order valence-corrected chi connectivity index (χ4v) is 2.39. The van der Waals surface area contributed by atoms with Gasteiger partial charge in [0.1, 0.15) is 0 Å². The monoisotopic (exact) mass is 263 g/mol. The zero-order valence-corrected chi connectivity index (χ0v) is 11.5. The lowest BCUT2D eigenvalue weighted by Crippen LogP contribution is -2.37. The Bertz CT molecular complexity index is 407. The van der Waals surface area contributed by atoms with Crippen LogP contribution < -0.4 is 0 Å². The van der Waals surface area contributed by atoms with E-state index in [1.54, 1.807) is 0 Å². The molecular formula is C15H21NO3. The van der Waals surface area contributed by atoms with E-state index in [4.69, 9.17) is 9.57 Å². The Morgan fingerprint density at radius 2 is 2.21 bits per heavy atom. The molecular weight excluding hydrogens is 242 g/mol. The Morgan fingerprint density at radius 1 is 1.47 bits per heavy atom. The van der Waals surface area contributed by atoms with Crippen molar-refractivity contribution >= 4 is 5.97 Å². The van der Waals surface area contributed by atoms with Gasteiger partial charge >= 0.3 is 5.97 Å². The molecule has 0 N–H and O–H groups in total. The first kappa shape index (κ1) is 14.0. The number of hydrogen-bond acceptors (Lipinski definition) is 4. The number of nitrogens with zero attached hydrogens (tertiary/aromatic N) is 1. The van der Waals surface area contributed by atoms with E-state index in [1.165, 1.54) is 5.56 Å². The van der Waals surface area contributed by atoms with E-state index in [0.717, 1.165) is 6.42 Å². The zero-order chi connectivity index (χ0) is 13.7. The molecule has 1 heterocycles. The molecule has 1 aliphatic heterocycles. The minimum atomic E-state index is -0.161. The summed E-state index contributed by atoms with van der Waals surface area (Å²) in [7, 11) is 0. The summed E-state index contributed by atoms with van der Waals surface area (Å²) in [5.74, 6) is -0.303. The molecule has 104 valence electrons. The van der Waals surface area contributed by atoms with Gasteiger partial charge in [-0.3, -0.25) is 9.63 Å². The quantitative estimate of drug-likeness (QED) is 0.765. The summed E-state index contributed by atoms with van der Waals surface area (Å²) in [6.45, 7) is 5.54. The van der Waals surface area contributed by atoms with Gasteiger partial charge in [-0.15, -0.1) is 0 Å². The number of ether oxygens (including phenoxy) is 1. The Morgan fingerprint density at radius 3 is 2.89 bits per heavy atom. The van der Waals surface area contributed by atoms with Crippen molar-refractivity contribution in [2.45, 2.75) is 32.9 Å². The molecule has 19 heavy (non-hydrogen) atoms. The van der Waals surface area contributed by atoms with Crippen molar-refractivity contribution in [3.05, 3.63) is 35.9 Å². The number of esters is 1. The lowest BCUT2D eigenvalue weighted by Gasteiger charge is -2.26. The van der Waals surface area contributed by atoms with E-state index < -0.39 is 0 Å². The third-order valence-corrected chi connectivity index (χ3v) is 3.46. The van der Waals surface area contributed by atoms with Crippen LogP contribution in [-0.4, -0.2) is 30.3 Å². The first-order chi connectivity index (χ1) is 9.22. The number of hydroxylamine groups is 2. The van der Waals surface area contributed by atoms with Gasteiger partial charge in [0.05, 0.1) is 25.2 Å². The van der Waals surface area contributed by atoms with Crippen LogP contribution in [0.3, 0.4) is 0 Å². The minimum Gasteiger partial charge on any atom is -0.466 e. The normalized spacial score (nSPS) is 21.3. The van der Waals surface area contributed by atoms with E-state index in [2.05, 4.69) is 12.1 Å². The maximum Gasteiger partial charge on any atom is 0.310 e. The Balaban J connectivity index is 1.98. The van der Waals surface area contributed by atoms with Crippen molar-refractivity contribution < 1.29 is 14.4 Å². The van der Waals surface area contributed by atoms with Crippen LogP contribution in [0, 0.1) is 5.92 Å². The molecule has 2 atom stereocenters. The third kappa shape index (κ3) is 3.55. The summed E-state index contributed by atoms with van der Waals surface area (Å²) < 4.78 is 5.09. The number of benzene rings is 1. The molecule has 2 rings (SSSR count). The summed E-state index contributed by atoms with van der Waals surface area (Å²) in [5.41, 5.74) is 1.19. The van der Waals surface area contributed by atoms with E-state index in [1.807, 2.05) is 37.1 Å². The Hall–Kier alpha value is -1.39. The average molecular weight is 263 g/mol. The predicted molar refractivity (Wildman–Crippen MR) is 72.1 cm³/mol. The highest BCUT2D eigenvalue weighted by Gasteiger charge is 2.35. The average Bonchev–Trinajstić information content (AvgIpc) is 2.87. The van der Waals surface area contributed by atoms with E-state index in [9.17, 15) is 4.79 Å². The summed E-state index contributed by atoms with van der Waals surface area (Å²) in [4.78, 5) is 17.5. The molecule has 4 nitrogen and oxygen atoms in total. The SMILES string of the molecule is CCOC(=O)[C@H](C)[C@H]1CCON1Cc1ccccc1. The third-order valence-electron chi connectivity index (χ3n) is 3.46. The first-order valence-corrected chi connectivity index (χ1v) is 6.82. The topological polar surface area (TPSA) is 38.8 Å². The van der Waals surface area contributed by atoms with Crippen LogP contribution in [0.2, 0.25) is 0 Å². The van der Waals surface area contributed by atoms with Gasteiger partial charge in [0.25, 0.3) is 0 Å². The molecule has 4 heteroatoms. The van der Waals surface area contributed by atoms with Crippen molar-refractivity contribution in [3.8, 4) is 0 Å². The van der Waals surface area contributed by atoms with Crippen LogP contribution >= 0.6 is 0 Å². The summed E-state index contributed by atoms with van der Waals surface area (Å²) in [5, 5.41) is 1.91. The smallest absolute Gasteiger partial charge is 0.310 e. The van der Waals surface area contributed by atoms with E-state index >= 15 is 0 Å². The Labute approximate surface area is 114 Å². The van der Waals surface area contributed by atoms with Crippen molar-refractivity contribution in [1.82, 2.24) is 5.06 Å². The number of hydrogen-bond donors (Lipinski definition) is 0. The first-order valence-electron chi connectivity index (χ1n) is 6.82. The number of rotatable bonds is 5. The van der Waals surface area contributed by atoms with Gasteiger partial charge in [0, 0.05) is 6.54 Å². The standard InChI is InChI=1S/C15H21NO3/c1-3-18-15(17)12(2)14-9-10-19-16(14)11-13-7-5-4-6-8-13/h4-8,12,14H,3,9-11H2,1-2H3/t12-,14-/m1/s1. The van der Waals surface area contributed by atoms with Crippen molar-refractivity contribution in [1.29, 1.82) is 0 Å². The second-order valence-electron chi connectivity index (χ2n) is 4.79. The van der Waals surface area contributed by atoms with Gasteiger partial charge < -0.3 is 4.74 Å². The van der Waals surface area contributed by atoms with Gasteiger partial charge in [-0.1, -0.05) is 37.3 Å². The fraction of sp³-hybridized carbons (Fsp3) is 0.533. The molecule has 1 aromatic carbocycles. The number of carbonyl (C=O) groups excluding carboxylic acids is 1. The van der Waals surface area contributed by atoms with Gasteiger partial charge in [-0.05, 0) is 18.9 Å². The van der Waals surface area contributed by atoms with Gasteiger partial charge in [0.2, 0.25) is 0 Å². The molecule has 0 bridgehead atoms. The molecule has 0 radical (unpaired) electrons. The largest absolute Gasteiger partial charge is 0.466 e. The van der Waals surface area contributed by atoms with Gasteiger partial charge in [0.15, 0.2) is 0 Å². The molecule has 1 fully saturated rings. The Kier molecular flexibility index (Phi) is 4.93. The molecule has 1 aromatic rings. The maximum absolute atomic E-state index is 11.8. The van der Waals surface area contributed by atoms with Crippen LogP contribution in [0.5, 0.6) is 0 Å². The van der Waals surface area contributed by atoms with Crippen LogP contribution in [0.25, 0.3) is 0 Å². The highest BCUT2D eigenvalue weighted by molar-refractivity contribution is 5.72. The lowest BCUT2D eigenvalue weighted by atomic mass is 9.99. The molecule has 0 amide bonds. The van der Waals surface area contributed by atoms with E-state index in [-0.39, 0.29) is 17.9 Å². The molecule has 0 unspecified atom stereocenters. The molecule has 1 aliphatic rings. The van der Waals surface area contributed by atoms with Gasteiger partial charge in [-0.2, -0.15) is 5.06 Å². The van der Waals surface area contributed by atoms with Crippen LogP contribution in [0.4, 0.5) is 0 Å². The fourth-order valence-electron chi connectivity index (χ4n) is 2.39.